The van der Waals surface area contributed by atoms with Gasteiger partial charge in [-0.15, -0.1) is 0 Å². The maximum atomic E-state index is 4.74. The molecule has 0 fully saturated rings. The van der Waals surface area contributed by atoms with Gasteiger partial charge in [-0.3, -0.25) is 4.99 Å². The molecule has 0 aliphatic carbocycles. The minimum Gasteiger partial charge on any atom is -0.361 e. The van der Waals surface area contributed by atoms with Crippen molar-refractivity contribution in [3.63, 3.8) is 0 Å². The number of guanidine groups is 1. The SMILES string of the molecule is CCNC(=NCC(C)c1ccsc1)NCCc1c[nH]c2ccccc12. The van der Waals surface area contributed by atoms with E-state index in [9.17, 15) is 0 Å². The van der Waals surface area contributed by atoms with Gasteiger partial charge in [0.1, 0.15) is 0 Å². The summed E-state index contributed by atoms with van der Waals surface area (Å²) in [4.78, 5) is 8.08. The summed E-state index contributed by atoms with van der Waals surface area (Å²) in [5.74, 6) is 1.33. The van der Waals surface area contributed by atoms with Crippen LogP contribution in [-0.2, 0) is 6.42 Å². The Balaban J connectivity index is 1.55. The number of aromatic amines is 1. The maximum Gasteiger partial charge on any atom is 0.191 e. The molecule has 0 bridgehead atoms. The Morgan fingerprint density at radius 3 is 2.92 bits per heavy atom. The van der Waals surface area contributed by atoms with E-state index in [-0.39, 0.29) is 0 Å². The Bertz CT molecular complexity index is 804. The molecule has 3 aromatic rings. The third kappa shape index (κ3) is 4.63. The molecule has 1 aromatic carbocycles. The number of nitrogens with one attached hydrogen (secondary N) is 3. The van der Waals surface area contributed by atoms with E-state index in [1.165, 1.54) is 22.0 Å². The Morgan fingerprint density at radius 1 is 1.24 bits per heavy atom. The lowest BCUT2D eigenvalue weighted by atomic mass is 10.1. The van der Waals surface area contributed by atoms with Gasteiger partial charge in [0, 0.05) is 42.7 Å². The first kappa shape index (κ1) is 17.5. The summed E-state index contributed by atoms with van der Waals surface area (Å²) >= 11 is 1.74. The molecule has 0 radical (unpaired) electrons. The van der Waals surface area contributed by atoms with E-state index in [1.54, 1.807) is 11.3 Å². The summed E-state index contributed by atoms with van der Waals surface area (Å²) in [6, 6.07) is 10.6. The van der Waals surface area contributed by atoms with Crippen LogP contribution >= 0.6 is 11.3 Å². The number of H-pyrrole nitrogens is 1. The highest BCUT2D eigenvalue weighted by Gasteiger charge is 2.07. The molecular formula is C20H26N4S. The van der Waals surface area contributed by atoms with Crippen molar-refractivity contribution in [2.24, 2.45) is 4.99 Å². The zero-order valence-electron chi connectivity index (χ0n) is 14.9. The van der Waals surface area contributed by atoms with Gasteiger partial charge in [-0.05, 0) is 47.4 Å². The first-order chi connectivity index (χ1) is 12.3. The molecule has 2 aromatic heterocycles. The molecule has 0 aliphatic heterocycles. The number of para-hydroxylation sites is 1. The molecule has 4 nitrogen and oxygen atoms in total. The van der Waals surface area contributed by atoms with Crippen LogP contribution in [0.3, 0.4) is 0 Å². The molecule has 0 spiro atoms. The first-order valence-corrected chi connectivity index (χ1v) is 9.81. The molecule has 132 valence electrons. The summed E-state index contributed by atoms with van der Waals surface area (Å²) in [6.07, 6.45) is 3.07. The van der Waals surface area contributed by atoms with Crippen molar-refractivity contribution < 1.29 is 0 Å². The second-order valence-electron chi connectivity index (χ2n) is 6.21. The van der Waals surface area contributed by atoms with Crippen molar-refractivity contribution >= 4 is 28.2 Å². The fourth-order valence-electron chi connectivity index (χ4n) is 2.88. The van der Waals surface area contributed by atoms with Crippen LogP contribution in [0.2, 0.25) is 0 Å². The molecule has 0 aliphatic rings. The van der Waals surface area contributed by atoms with Crippen LogP contribution in [0.1, 0.15) is 30.9 Å². The number of benzene rings is 1. The average Bonchev–Trinajstić information content (AvgIpc) is 3.30. The fourth-order valence-corrected chi connectivity index (χ4v) is 3.67. The van der Waals surface area contributed by atoms with Crippen LogP contribution in [0.25, 0.3) is 10.9 Å². The molecular weight excluding hydrogens is 328 g/mol. The molecule has 3 N–H and O–H groups in total. The van der Waals surface area contributed by atoms with Crippen LogP contribution in [-0.4, -0.2) is 30.6 Å². The standard InChI is InChI=1S/C20H26N4S/c1-3-21-20(24-12-15(2)17-9-11-25-14-17)22-10-8-16-13-23-19-7-5-4-6-18(16)19/h4-7,9,11,13-15,23H,3,8,10,12H2,1-2H3,(H2,21,22,24). The van der Waals surface area contributed by atoms with E-state index in [0.29, 0.717) is 5.92 Å². The summed E-state index contributed by atoms with van der Waals surface area (Å²) in [5, 5.41) is 12.4. The van der Waals surface area contributed by atoms with Gasteiger partial charge in [-0.2, -0.15) is 11.3 Å². The molecule has 2 heterocycles. The number of fused-ring (bicyclic) bond motifs is 1. The van der Waals surface area contributed by atoms with Gasteiger partial charge >= 0.3 is 0 Å². The monoisotopic (exact) mass is 354 g/mol. The first-order valence-electron chi connectivity index (χ1n) is 8.87. The summed E-state index contributed by atoms with van der Waals surface area (Å²) < 4.78 is 0. The summed E-state index contributed by atoms with van der Waals surface area (Å²) in [7, 11) is 0. The predicted molar refractivity (Wildman–Crippen MR) is 109 cm³/mol. The van der Waals surface area contributed by atoms with E-state index in [1.807, 2.05) is 0 Å². The minimum atomic E-state index is 0.440. The molecule has 0 saturated carbocycles. The second kappa shape index (κ2) is 8.72. The summed E-state index contributed by atoms with van der Waals surface area (Å²) in [5.41, 5.74) is 3.90. The average molecular weight is 355 g/mol. The van der Waals surface area contributed by atoms with E-state index in [2.05, 4.69) is 76.8 Å². The Kier molecular flexibility index (Phi) is 6.12. The van der Waals surface area contributed by atoms with Gasteiger partial charge in [0.05, 0.1) is 0 Å². The van der Waals surface area contributed by atoms with Gasteiger partial charge < -0.3 is 15.6 Å². The van der Waals surface area contributed by atoms with E-state index in [4.69, 9.17) is 4.99 Å². The number of nitrogens with zero attached hydrogens (tertiary/aromatic N) is 1. The molecule has 1 atom stereocenters. The van der Waals surface area contributed by atoms with Crippen molar-refractivity contribution in [3.05, 3.63) is 58.4 Å². The lowest BCUT2D eigenvalue weighted by Crippen LogP contribution is -2.38. The summed E-state index contributed by atoms with van der Waals surface area (Å²) in [6.45, 7) is 6.84. The fraction of sp³-hybridized carbons (Fsp3) is 0.350. The third-order valence-corrected chi connectivity index (χ3v) is 5.04. The number of hydrogen-bond acceptors (Lipinski definition) is 2. The highest BCUT2D eigenvalue weighted by Crippen LogP contribution is 2.19. The van der Waals surface area contributed by atoms with Gasteiger partial charge in [0.2, 0.25) is 0 Å². The van der Waals surface area contributed by atoms with Gasteiger partial charge in [-0.1, -0.05) is 25.1 Å². The van der Waals surface area contributed by atoms with Crippen molar-refractivity contribution in [2.45, 2.75) is 26.2 Å². The number of thiophene rings is 1. The molecule has 5 heteroatoms. The number of hydrogen-bond donors (Lipinski definition) is 3. The van der Waals surface area contributed by atoms with Crippen LogP contribution < -0.4 is 10.6 Å². The number of aliphatic imine (C=N–C) groups is 1. The van der Waals surface area contributed by atoms with Crippen LogP contribution in [0.15, 0.2) is 52.3 Å². The molecule has 0 saturated heterocycles. The highest BCUT2D eigenvalue weighted by molar-refractivity contribution is 7.07. The highest BCUT2D eigenvalue weighted by atomic mass is 32.1. The van der Waals surface area contributed by atoms with Crippen molar-refractivity contribution in [1.82, 2.24) is 15.6 Å². The Labute approximate surface area is 153 Å². The quantitative estimate of drug-likeness (QED) is 0.441. The van der Waals surface area contributed by atoms with E-state index < -0.39 is 0 Å². The molecule has 3 rings (SSSR count). The van der Waals surface area contributed by atoms with E-state index in [0.717, 1.165) is 32.0 Å². The molecule has 0 amide bonds. The van der Waals surface area contributed by atoms with Crippen molar-refractivity contribution in [1.29, 1.82) is 0 Å². The number of rotatable bonds is 7. The minimum absolute atomic E-state index is 0.440. The zero-order chi connectivity index (χ0) is 17.5. The van der Waals surface area contributed by atoms with Crippen molar-refractivity contribution in [2.75, 3.05) is 19.6 Å². The van der Waals surface area contributed by atoms with E-state index >= 15 is 0 Å². The van der Waals surface area contributed by atoms with Crippen LogP contribution in [0.4, 0.5) is 0 Å². The Morgan fingerprint density at radius 2 is 2.12 bits per heavy atom. The lowest BCUT2D eigenvalue weighted by molar-refractivity contribution is 0.748. The number of aromatic nitrogens is 1. The van der Waals surface area contributed by atoms with Gasteiger partial charge in [-0.25, -0.2) is 0 Å². The lowest BCUT2D eigenvalue weighted by Gasteiger charge is -2.13. The molecule has 25 heavy (non-hydrogen) atoms. The largest absolute Gasteiger partial charge is 0.361 e. The third-order valence-electron chi connectivity index (χ3n) is 4.34. The van der Waals surface area contributed by atoms with Crippen LogP contribution in [0, 0.1) is 0 Å². The maximum absolute atomic E-state index is 4.74. The second-order valence-corrected chi connectivity index (χ2v) is 6.99. The zero-order valence-corrected chi connectivity index (χ0v) is 15.7. The Hall–Kier alpha value is -2.27. The molecule has 1 unspecified atom stereocenters. The van der Waals surface area contributed by atoms with Gasteiger partial charge in [0.15, 0.2) is 5.96 Å². The predicted octanol–water partition coefficient (Wildman–Crippen LogP) is 4.13. The topological polar surface area (TPSA) is 52.2 Å². The smallest absolute Gasteiger partial charge is 0.191 e. The van der Waals surface area contributed by atoms with Gasteiger partial charge in [0.25, 0.3) is 0 Å². The van der Waals surface area contributed by atoms with Crippen LogP contribution in [0.5, 0.6) is 0 Å². The normalized spacial score (nSPS) is 13.1. The van der Waals surface area contributed by atoms with Crippen molar-refractivity contribution in [3.8, 4) is 0 Å².